The molecule has 0 saturated heterocycles. The summed E-state index contributed by atoms with van der Waals surface area (Å²) in [7, 11) is 0. The Morgan fingerprint density at radius 1 is 0.875 bits per heavy atom. The fourth-order valence-corrected chi connectivity index (χ4v) is 1.86. The molecule has 0 fully saturated rings. The molecular weight excluding hydrogens is 280 g/mol. The van der Waals surface area contributed by atoms with Crippen molar-refractivity contribution in [3.63, 3.8) is 0 Å². The summed E-state index contributed by atoms with van der Waals surface area (Å²) in [4.78, 5) is 22.9. The number of aromatic hydroxyl groups is 2. The quantitative estimate of drug-likeness (QED) is 0.496. The Morgan fingerprint density at radius 3 is 1.94 bits per heavy atom. The number of benzene rings is 1. The van der Waals surface area contributed by atoms with E-state index in [1.807, 2.05) is 0 Å². The molecule has 5 nitrogen and oxygen atoms in total. The van der Waals surface area contributed by atoms with Gasteiger partial charge in [0.25, 0.3) is 0 Å². The molecule has 1 aromatic rings. The summed E-state index contributed by atoms with van der Waals surface area (Å²) in [6, 6.07) is 2.19. The summed E-state index contributed by atoms with van der Waals surface area (Å²) < 4.78 is -0.328. The van der Waals surface area contributed by atoms with E-state index in [-0.39, 0.29) is 21.4 Å². The monoisotopic (exact) mass is 284 g/mol. The summed E-state index contributed by atoms with van der Waals surface area (Å²) in [6.45, 7) is 0. The minimum atomic E-state index is -0.979. The molecule has 2 rings (SSSR count). The molecule has 0 heterocycles. The van der Waals surface area contributed by atoms with Gasteiger partial charge in [-0.05, 0) is 28.1 Å². The van der Waals surface area contributed by atoms with Gasteiger partial charge < -0.3 is 15.3 Å². The van der Waals surface area contributed by atoms with Crippen molar-refractivity contribution < 1.29 is 24.9 Å². The molecule has 16 heavy (non-hydrogen) atoms. The molecule has 0 saturated carbocycles. The second kappa shape index (κ2) is 3.34. The summed E-state index contributed by atoms with van der Waals surface area (Å²) in [6.07, 6.45) is 0. The van der Waals surface area contributed by atoms with Crippen LogP contribution in [0.3, 0.4) is 0 Å². The number of hydrogen-bond donors (Lipinski definition) is 3. The first-order valence-electron chi connectivity index (χ1n) is 4.18. The molecule has 0 aliphatic heterocycles. The minimum absolute atomic E-state index is 0.239. The number of phenols is 2. The average molecular weight is 285 g/mol. The van der Waals surface area contributed by atoms with E-state index < -0.39 is 23.1 Å². The number of halogens is 1. The van der Waals surface area contributed by atoms with Gasteiger partial charge in [0, 0.05) is 0 Å². The lowest BCUT2D eigenvalue weighted by atomic mass is 9.92. The minimum Gasteiger partial charge on any atom is -0.507 e. The molecule has 0 radical (unpaired) electrons. The van der Waals surface area contributed by atoms with E-state index in [2.05, 4.69) is 15.9 Å². The molecule has 1 aliphatic rings. The van der Waals surface area contributed by atoms with Gasteiger partial charge in [-0.25, -0.2) is 0 Å². The molecule has 82 valence electrons. The number of aliphatic hydroxyl groups is 1. The zero-order valence-corrected chi connectivity index (χ0v) is 9.28. The molecule has 0 bridgehead atoms. The van der Waals surface area contributed by atoms with Gasteiger partial charge in [-0.3, -0.25) is 9.59 Å². The third kappa shape index (κ3) is 1.23. The predicted molar refractivity (Wildman–Crippen MR) is 57.6 cm³/mol. The number of phenolic OH excluding ortho intramolecular Hbond substituents is 2. The van der Waals surface area contributed by atoms with Gasteiger partial charge in [-0.2, -0.15) is 0 Å². The molecule has 1 aliphatic carbocycles. The smallest absolute Gasteiger partial charge is 0.244 e. The van der Waals surface area contributed by atoms with Crippen molar-refractivity contribution in [3.8, 4) is 11.5 Å². The van der Waals surface area contributed by atoms with Gasteiger partial charge in [0.2, 0.25) is 11.6 Å². The van der Waals surface area contributed by atoms with Crippen molar-refractivity contribution >= 4 is 33.3 Å². The van der Waals surface area contributed by atoms with Crippen LogP contribution in [-0.2, 0) is 4.79 Å². The van der Waals surface area contributed by atoms with Crippen LogP contribution >= 0.6 is 15.9 Å². The van der Waals surface area contributed by atoms with E-state index in [0.29, 0.717) is 0 Å². The third-order valence-electron chi connectivity index (χ3n) is 2.24. The summed E-state index contributed by atoms with van der Waals surface area (Å²) in [5.74, 6) is -3.35. The van der Waals surface area contributed by atoms with Gasteiger partial charge in [-0.15, -0.1) is 0 Å². The number of rotatable bonds is 0. The van der Waals surface area contributed by atoms with Gasteiger partial charge in [0.1, 0.15) is 21.7 Å². The van der Waals surface area contributed by atoms with Crippen LogP contribution in [-0.4, -0.2) is 26.9 Å². The van der Waals surface area contributed by atoms with E-state index >= 15 is 0 Å². The Labute approximate surface area is 97.8 Å². The third-order valence-corrected chi connectivity index (χ3v) is 2.97. The zero-order valence-electron chi connectivity index (χ0n) is 7.69. The number of fused-ring (bicyclic) bond motifs is 1. The lowest BCUT2D eigenvalue weighted by Crippen LogP contribution is -2.21. The highest BCUT2D eigenvalue weighted by Gasteiger charge is 2.35. The van der Waals surface area contributed by atoms with Crippen LogP contribution in [0.4, 0.5) is 0 Å². The van der Waals surface area contributed by atoms with Crippen molar-refractivity contribution in [1.82, 2.24) is 0 Å². The highest BCUT2D eigenvalue weighted by atomic mass is 79.9. The molecular formula is C10H5BrO5. The van der Waals surface area contributed by atoms with E-state index in [0.717, 1.165) is 12.1 Å². The summed E-state index contributed by atoms with van der Waals surface area (Å²) >= 11 is 2.75. The maximum absolute atomic E-state index is 11.5. The van der Waals surface area contributed by atoms with Gasteiger partial charge in [-0.1, -0.05) is 0 Å². The Morgan fingerprint density at radius 2 is 1.38 bits per heavy atom. The van der Waals surface area contributed by atoms with Gasteiger partial charge >= 0.3 is 0 Å². The Kier molecular flexibility index (Phi) is 2.23. The molecule has 6 heteroatoms. The molecule has 0 aromatic heterocycles. The number of aliphatic hydroxyl groups excluding tert-OH is 1. The number of ketones is 2. The zero-order chi connectivity index (χ0) is 12.0. The lowest BCUT2D eigenvalue weighted by Gasteiger charge is -2.16. The van der Waals surface area contributed by atoms with Crippen molar-refractivity contribution in [1.29, 1.82) is 0 Å². The molecule has 0 unspecified atom stereocenters. The Hall–Kier alpha value is -1.82. The molecule has 1 aromatic carbocycles. The number of carbonyl (C=O) groups excluding carboxylic acids is 2. The fourth-order valence-electron chi connectivity index (χ4n) is 1.48. The number of hydrogen-bond acceptors (Lipinski definition) is 5. The van der Waals surface area contributed by atoms with Gasteiger partial charge in [0.05, 0.1) is 11.1 Å². The summed E-state index contributed by atoms with van der Waals surface area (Å²) in [5, 5.41) is 28.5. The average Bonchev–Trinajstić information content (AvgIpc) is 2.26. The van der Waals surface area contributed by atoms with Crippen LogP contribution in [0.25, 0.3) is 5.76 Å². The SMILES string of the molecule is O=C1C(=O)c2c(O)ccc(O)c2C(O)=C1Br. The molecule has 3 N–H and O–H groups in total. The van der Waals surface area contributed by atoms with Crippen molar-refractivity contribution in [2.75, 3.05) is 0 Å². The largest absolute Gasteiger partial charge is 0.507 e. The highest BCUT2D eigenvalue weighted by molar-refractivity contribution is 9.12. The van der Waals surface area contributed by atoms with E-state index in [4.69, 9.17) is 0 Å². The number of carbonyl (C=O) groups is 2. The number of allylic oxidation sites excluding steroid dienone is 1. The van der Waals surface area contributed by atoms with E-state index in [1.165, 1.54) is 0 Å². The van der Waals surface area contributed by atoms with Crippen LogP contribution in [0.5, 0.6) is 11.5 Å². The van der Waals surface area contributed by atoms with Crippen LogP contribution in [0, 0.1) is 0 Å². The molecule has 0 atom stereocenters. The van der Waals surface area contributed by atoms with Crippen LogP contribution in [0.1, 0.15) is 15.9 Å². The normalized spacial score (nSPS) is 15.3. The second-order valence-corrected chi connectivity index (χ2v) is 3.97. The lowest BCUT2D eigenvalue weighted by molar-refractivity contribution is -0.111. The maximum Gasteiger partial charge on any atom is 0.244 e. The topological polar surface area (TPSA) is 94.8 Å². The van der Waals surface area contributed by atoms with E-state index in [1.54, 1.807) is 0 Å². The number of Topliss-reactive ketones (excluding diaryl/α,β-unsaturated/α-hetero) is 2. The van der Waals surface area contributed by atoms with Crippen LogP contribution < -0.4 is 0 Å². The maximum atomic E-state index is 11.5. The highest BCUT2D eigenvalue weighted by Crippen LogP contribution is 2.40. The predicted octanol–water partition coefficient (Wildman–Crippen LogP) is 1.48. The van der Waals surface area contributed by atoms with Gasteiger partial charge in [0.15, 0.2) is 0 Å². The summed E-state index contributed by atoms with van der Waals surface area (Å²) in [5.41, 5.74) is -0.623. The first-order chi connectivity index (χ1) is 7.45. The van der Waals surface area contributed by atoms with Crippen molar-refractivity contribution in [2.45, 2.75) is 0 Å². The second-order valence-electron chi connectivity index (χ2n) is 3.17. The Bertz CT molecular complexity index is 559. The standard InChI is InChI=1S/C10H5BrO5/c11-7-8(14)5-3(12)1-2-4(13)6(5)9(15)10(7)16/h1-2,12-14H. The first-order valence-corrected chi connectivity index (χ1v) is 4.97. The molecule has 0 spiro atoms. The Balaban J connectivity index is 2.91. The first kappa shape index (κ1) is 10.7. The van der Waals surface area contributed by atoms with Crippen molar-refractivity contribution in [2.24, 2.45) is 0 Å². The van der Waals surface area contributed by atoms with Crippen LogP contribution in [0.15, 0.2) is 16.6 Å². The molecule has 0 amide bonds. The fraction of sp³-hybridized carbons (Fsp3) is 0. The van der Waals surface area contributed by atoms with Crippen molar-refractivity contribution in [3.05, 3.63) is 27.7 Å². The van der Waals surface area contributed by atoms with Crippen LogP contribution in [0.2, 0.25) is 0 Å². The van der Waals surface area contributed by atoms with E-state index in [9.17, 15) is 24.9 Å².